The molecule has 124 valence electrons. The van der Waals surface area contributed by atoms with E-state index in [2.05, 4.69) is 23.6 Å². The zero-order chi connectivity index (χ0) is 17.6. The molecule has 25 heavy (non-hydrogen) atoms. The Hall–Kier alpha value is -3.27. The van der Waals surface area contributed by atoms with Crippen LogP contribution >= 0.6 is 0 Å². The van der Waals surface area contributed by atoms with E-state index in [1.807, 2.05) is 36.4 Å². The summed E-state index contributed by atoms with van der Waals surface area (Å²) in [5, 5.41) is 11.8. The van der Waals surface area contributed by atoms with E-state index in [9.17, 15) is 9.90 Å². The molecule has 0 saturated heterocycles. The smallest absolute Gasteiger partial charge is 0.249 e. The van der Waals surface area contributed by atoms with Crippen LogP contribution in [0.4, 0.5) is 0 Å². The van der Waals surface area contributed by atoms with Gasteiger partial charge in [0.05, 0.1) is 16.4 Å². The molecule has 0 atom stereocenters. The Morgan fingerprint density at radius 1 is 0.960 bits per heavy atom. The molecule has 0 radical (unpaired) electrons. The number of amides is 1. The molecule has 1 amide bonds. The number of primary amides is 1. The molecule has 0 aliphatic carbocycles. The van der Waals surface area contributed by atoms with E-state index in [1.54, 1.807) is 12.1 Å². The number of carbonyl (C=O) groups excluding carboxylic acids is 1. The maximum atomic E-state index is 11.9. The Bertz CT molecular complexity index is 1130. The van der Waals surface area contributed by atoms with Gasteiger partial charge in [0.25, 0.3) is 0 Å². The van der Waals surface area contributed by atoms with Gasteiger partial charge in [0.2, 0.25) is 5.91 Å². The van der Waals surface area contributed by atoms with Crippen molar-refractivity contribution >= 4 is 27.7 Å². The molecule has 0 aliphatic rings. The molecule has 4 nitrogen and oxygen atoms in total. The molecular weight excluding hydrogens is 312 g/mol. The number of hydrogen-bond acceptors (Lipinski definition) is 2. The molecule has 0 unspecified atom stereocenters. The van der Waals surface area contributed by atoms with Gasteiger partial charge < -0.3 is 15.4 Å². The van der Waals surface area contributed by atoms with E-state index in [4.69, 9.17) is 5.73 Å². The van der Waals surface area contributed by atoms with Crippen LogP contribution in [0.5, 0.6) is 5.75 Å². The number of hydrogen-bond donors (Lipinski definition) is 2. The first-order valence-electron chi connectivity index (χ1n) is 8.15. The lowest BCUT2D eigenvalue weighted by molar-refractivity contribution is 0.100. The van der Waals surface area contributed by atoms with Crippen molar-refractivity contribution in [1.29, 1.82) is 0 Å². The topological polar surface area (TPSA) is 68.2 Å². The highest BCUT2D eigenvalue weighted by Crippen LogP contribution is 2.37. The number of carbonyl (C=O) groups is 1. The summed E-state index contributed by atoms with van der Waals surface area (Å²) >= 11 is 0. The zero-order valence-corrected chi connectivity index (χ0v) is 13.9. The van der Waals surface area contributed by atoms with Crippen molar-refractivity contribution < 1.29 is 9.90 Å². The van der Waals surface area contributed by atoms with Crippen molar-refractivity contribution in [2.24, 2.45) is 5.73 Å². The maximum absolute atomic E-state index is 11.9. The predicted molar refractivity (Wildman–Crippen MR) is 99.9 cm³/mol. The molecule has 1 heterocycles. The number of fused-ring (bicyclic) bond motifs is 3. The second kappa shape index (κ2) is 5.67. The third-order valence-corrected chi connectivity index (χ3v) is 4.75. The Morgan fingerprint density at radius 3 is 2.36 bits per heavy atom. The van der Waals surface area contributed by atoms with Crippen LogP contribution in [-0.4, -0.2) is 15.6 Å². The van der Waals surface area contributed by atoms with Crippen molar-refractivity contribution in [2.45, 2.75) is 13.5 Å². The average molecular weight is 330 g/mol. The summed E-state index contributed by atoms with van der Waals surface area (Å²) in [4.78, 5) is 11.9. The van der Waals surface area contributed by atoms with Gasteiger partial charge in [-0.2, -0.15) is 0 Å². The summed E-state index contributed by atoms with van der Waals surface area (Å²) in [5.41, 5.74) is 10.2. The second-order valence-corrected chi connectivity index (χ2v) is 6.25. The van der Waals surface area contributed by atoms with Crippen LogP contribution in [-0.2, 0) is 6.54 Å². The number of nitrogens with two attached hydrogens (primary N) is 1. The molecule has 1 aromatic heterocycles. The van der Waals surface area contributed by atoms with Gasteiger partial charge in [-0.1, -0.05) is 36.4 Å². The SMILES string of the molecule is Cc1ccccc1Cn1c2cccc(O)c2c2c(C(N)=O)cccc21. The number of rotatable bonds is 3. The van der Waals surface area contributed by atoms with Crippen molar-refractivity contribution in [1.82, 2.24) is 4.57 Å². The minimum Gasteiger partial charge on any atom is -0.507 e. The van der Waals surface area contributed by atoms with E-state index in [0.717, 1.165) is 11.0 Å². The van der Waals surface area contributed by atoms with Crippen molar-refractivity contribution in [3.63, 3.8) is 0 Å². The first-order chi connectivity index (χ1) is 12.1. The van der Waals surface area contributed by atoms with Crippen LogP contribution in [0.2, 0.25) is 0 Å². The molecule has 4 rings (SSSR count). The summed E-state index contributed by atoms with van der Waals surface area (Å²) in [6.07, 6.45) is 0. The van der Waals surface area contributed by atoms with Crippen molar-refractivity contribution in [3.8, 4) is 5.75 Å². The van der Waals surface area contributed by atoms with Crippen LogP contribution in [0.3, 0.4) is 0 Å². The van der Waals surface area contributed by atoms with E-state index in [1.165, 1.54) is 11.1 Å². The lowest BCUT2D eigenvalue weighted by Crippen LogP contribution is -2.11. The van der Waals surface area contributed by atoms with Gasteiger partial charge in [0.1, 0.15) is 5.75 Å². The zero-order valence-electron chi connectivity index (χ0n) is 13.9. The minimum absolute atomic E-state index is 0.153. The Morgan fingerprint density at radius 2 is 1.64 bits per heavy atom. The van der Waals surface area contributed by atoms with Gasteiger partial charge in [-0.25, -0.2) is 0 Å². The highest BCUT2D eigenvalue weighted by Gasteiger charge is 2.18. The van der Waals surface area contributed by atoms with Crippen LogP contribution < -0.4 is 5.73 Å². The largest absolute Gasteiger partial charge is 0.507 e. The van der Waals surface area contributed by atoms with E-state index in [-0.39, 0.29) is 5.75 Å². The fourth-order valence-corrected chi connectivity index (χ4v) is 3.50. The fraction of sp³-hybridized carbons (Fsp3) is 0.0952. The highest BCUT2D eigenvalue weighted by atomic mass is 16.3. The number of aryl methyl sites for hydroxylation is 1. The van der Waals surface area contributed by atoms with Crippen molar-refractivity contribution in [2.75, 3.05) is 0 Å². The summed E-state index contributed by atoms with van der Waals surface area (Å²) in [6, 6.07) is 19.1. The Balaban J connectivity index is 2.10. The Labute approximate surface area is 145 Å². The lowest BCUT2D eigenvalue weighted by Gasteiger charge is -2.10. The highest BCUT2D eigenvalue weighted by molar-refractivity contribution is 6.19. The van der Waals surface area contributed by atoms with Crippen molar-refractivity contribution in [3.05, 3.63) is 77.4 Å². The number of benzene rings is 3. The molecule has 0 aliphatic heterocycles. The van der Waals surface area contributed by atoms with Crippen LogP contribution in [0.15, 0.2) is 60.7 Å². The lowest BCUT2D eigenvalue weighted by atomic mass is 10.1. The Kier molecular flexibility index (Phi) is 3.46. The predicted octanol–water partition coefficient (Wildman–Crippen LogP) is 3.96. The van der Waals surface area contributed by atoms with E-state index >= 15 is 0 Å². The van der Waals surface area contributed by atoms with E-state index < -0.39 is 5.91 Å². The minimum atomic E-state index is -0.496. The quantitative estimate of drug-likeness (QED) is 0.597. The molecule has 4 aromatic rings. The first kappa shape index (κ1) is 15.3. The van der Waals surface area contributed by atoms with Gasteiger partial charge in [-0.15, -0.1) is 0 Å². The maximum Gasteiger partial charge on any atom is 0.249 e. The molecule has 0 saturated carbocycles. The molecule has 3 N–H and O–H groups in total. The van der Waals surface area contributed by atoms with Gasteiger partial charge >= 0.3 is 0 Å². The number of aromatic hydroxyl groups is 1. The fourth-order valence-electron chi connectivity index (χ4n) is 3.50. The summed E-state index contributed by atoms with van der Waals surface area (Å²) < 4.78 is 2.12. The number of phenolic OH excluding ortho intramolecular Hbond substituents is 1. The van der Waals surface area contributed by atoms with Crippen LogP contribution in [0.1, 0.15) is 21.5 Å². The molecule has 0 fully saturated rings. The third kappa shape index (κ3) is 2.34. The van der Waals surface area contributed by atoms with Crippen LogP contribution in [0.25, 0.3) is 21.8 Å². The average Bonchev–Trinajstić information content (AvgIpc) is 2.92. The van der Waals surface area contributed by atoms with Gasteiger partial charge in [0.15, 0.2) is 0 Å². The molecule has 4 heteroatoms. The summed E-state index contributed by atoms with van der Waals surface area (Å²) in [7, 11) is 0. The summed E-state index contributed by atoms with van der Waals surface area (Å²) in [6.45, 7) is 2.73. The molecular formula is C21H18N2O2. The normalized spacial score (nSPS) is 11.2. The second-order valence-electron chi connectivity index (χ2n) is 6.25. The summed E-state index contributed by atoms with van der Waals surface area (Å²) in [5.74, 6) is -0.344. The van der Waals surface area contributed by atoms with E-state index in [0.29, 0.717) is 22.9 Å². The van der Waals surface area contributed by atoms with Crippen LogP contribution in [0, 0.1) is 6.92 Å². The first-order valence-corrected chi connectivity index (χ1v) is 8.15. The third-order valence-electron chi connectivity index (χ3n) is 4.75. The molecule has 3 aromatic carbocycles. The number of phenols is 1. The van der Waals surface area contributed by atoms with Gasteiger partial charge in [0, 0.05) is 17.5 Å². The van der Waals surface area contributed by atoms with Gasteiger partial charge in [-0.05, 0) is 42.3 Å². The standard InChI is InChI=1S/C21H18N2O2/c1-13-6-2-3-7-14(13)12-23-16-9-4-8-15(21(22)25)19(16)20-17(23)10-5-11-18(20)24/h2-11,24H,12H2,1H3,(H2,22,25). The molecule has 0 bridgehead atoms. The number of aromatic nitrogens is 1. The number of nitrogens with zero attached hydrogens (tertiary/aromatic N) is 1. The molecule has 0 spiro atoms. The monoisotopic (exact) mass is 330 g/mol. The van der Waals surface area contributed by atoms with Gasteiger partial charge in [-0.3, -0.25) is 4.79 Å².